The molecule has 0 spiro atoms. The second-order valence-electron chi connectivity index (χ2n) is 5.85. The Kier molecular flexibility index (Phi) is 7.84. The Bertz CT molecular complexity index is 712. The lowest BCUT2D eigenvalue weighted by Gasteiger charge is -2.13. The van der Waals surface area contributed by atoms with E-state index in [0.29, 0.717) is 11.3 Å². The number of rotatable bonds is 5. The molecule has 2 aromatic rings. The zero-order valence-electron chi connectivity index (χ0n) is 14.5. The second kappa shape index (κ2) is 10.1. The zero-order valence-corrected chi connectivity index (χ0v) is 15.2. The average molecular weight is 381 g/mol. The number of halogens is 2. The highest BCUT2D eigenvalue weighted by Gasteiger charge is 2.28. The van der Waals surface area contributed by atoms with Crippen molar-refractivity contribution in [2.24, 2.45) is 5.73 Å². The number of hydrogen-bond acceptors (Lipinski definition) is 4. The molecule has 1 saturated heterocycles. The summed E-state index contributed by atoms with van der Waals surface area (Å²) in [4.78, 5) is 11.2. The molecule has 1 fully saturated rings. The van der Waals surface area contributed by atoms with Gasteiger partial charge in [0.15, 0.2) is 0 Å². The van der Waals surface area contributed by atoms with Crippen LogP contribution in [0.1, 0.15) is 30.0 Å². The first-order valence-electron chi connectivity index (χ1n) is 8.21. The molecule has 1 aliphatic heterocycles. The van der Waals surface area contributed by atoms with Gasteiger partial charge >= 0.3 is 0 Å². The molecule has 26 heavy (non-hydrogen) atoms. The first-order chi connectivity index (χ1) is 12.5. The fraction of sp³-hybridized carbons (Fsp3) is 0.316. The van der Waals surface area contributed by atoms with Gasteiger partial charge in [-0.15, -0.1) is 0 Å². The van der Waals surface area contributed by atoms with Crippen LogP contribution in [0.4, 0.5) is 4.39 Å². The Morgan fingerprint density at radius 3 is 2.46 bits per heavy atom. The van der Waals surface area contributed by atoms with Crippen molar-refractivity contribution in [3.8, 4) is 5.75 Å². The zero-order chi connectivity index (χ0) is 18.9. The standard InChI is InChI=1S/C18H19FN2O2.CH3ClO/c19-15-4-2-1-3-13(15)11-23-14-7-5-12(6-8-14)16-9-10-17(21-16)18(20)22;1-3-2/h1-8,16-17,21H,9-11H2,(H2,20,22);1H3/t16-,17?;/m1./s1. The molecule has 7 heteroatoms. The molecular weight excluding hydrogens is 359 g/mol. The molecule has 2 atom stereocenters. The van der Waals surface area contributed by atoms with Crippen LogP contribution in [0.2, 0.25) is 0 Å². The molecule has 3 N–H and O–H groups in total. The lowest BCUT2D eigenvalue weighted by molar-refractivity contribution is -0.119. The molecular formula is C19H22ClFN2O3. The van der Waals surface area contributed by atoms with Crippen LogP contribution in [0.5, 0.6) is 5.75 Å². The highest BCUT2D eigenvalue weighted by Crippen LogP contribution is 2.28. The summed E-state index contributed by atoms with van der Waals surface area (Å²) in [5.74, 6) is 0.107. The van der Waals surface area contributed by atoms with E-state index < -0.39 is 0 Å². The van der Waals surface area contributed by atoms with Gasteiger partial charge in [-0.05, 0) is 36.6 Å². The molecule has 0 saturated carbocycles. The van der Waals surface area contributed by atoms with Gasteiger partial charge in [-0.25, -0.2) is 4.39 Å². The van der Waals surface area contributed by atoms with E-state index in [4.69, 9.17) is 10.5 Å². The highest BCUT2D eigenvalue weighted by atomic mass is 35.5. The monoisotopic (exact) mass is 380 g/mol. The van der Waals surface area contributed by atoms with Crippen molar-refractivity contribution < 1.29 is 18.2 Å². The topological polar surface area (TPSA) is 73.6 Å². The van der Waals surface area contributed by atoms with Crippen molar-refractivity contribution in [2.45, 2.75) is 31.5 Å². The number of benzene rings is 2. The van der Waals surface area contributed by atoms with Gasteiger partial charge in [-0.3, -0.25) is 14.4 Å². The van der Waals surface area contributed by atoms with E-state index in [-0.39, 0.29) is 30.4 Å². The predicted octanol–water partition coefficient (Wildman–Crippen LogP) is 3.47. The molecule has 0 aromatic heterocycles. The number of primary amides is 1. The van der Waals surface area contributed by atoms with Crippen molar-refractivity contribution in [1.29, 1.82) is 0 Å². The van der Waals surface area contributed by atoms with Crippen molar-refractivity contribution >= 4 is 17.8 Å². The minimum atomic E-state index is -0.308. The van der Waals surface area contributed by atoms with E-state index in [0.717, 1.165) is 18.4 Å². The lowest BCUT2D eigenvalue weighted by Crippen LogP contribution is -2.37. The summed E-state index contributed by atoms with van der Waals surface area (Å²) in [6.45, 7) is 0.192. The van der Waals surface area contributed by atoms with Gasteiger partial charge in [0.2, 0.25) is 5.91 Å². The number of hydrogen-bond donors (Lipinski definition) is 2. The van der Waals surface area contributed by atoms with Gasteiger partial charge in [0, 0.05) is 11.6 Å². The largest absolute Gasteiger partial charge is 0.489 e. The summed E-state index contributed by atoms with van der Waals surface area (Å²) < 4.78 is 22.9. The van der Waals surface area contributed by atoms with Gasteiger partial charge in [0.25, 0.3) is 0 Å². The number of carbonyl (C=O) groups is 1. The SMILES string of the molecule is COCl.NC(=O)C1CC[C@H](c2ccc(OCc3ccccc3F)cc2)N1. The fourth-order valence-corrected chi connectivity index (χ4v) is 2.80. The molecule has 0 aliphatic carbocycles. The van der Waals surface area contributed by atoms with E-state index in [1.54, 1.807) is 18.2 Å². The molecule has 1 heterocycles. The van der Waals surface area contributed by atoms with E-state index in [1.807, 2.05) is 24.3 Å². The molecule has 1 aliphatic rings. The molecule has 2 aromatic carbocycles. The Labute approximate surface area is 157 Å². The highest BCUT2D eigenvalue weighted by molar-refractivity contribution is 6.07. The van der Waals surface area contributed by atoms with Crippen LogP contribution in [0.3, 0.4) is 0 Å². The summed E-state index contributed by atoms with van der Waals surface area (Å²) in [6, 6.07) is 14.1. The van der Waals surface area contributed by atoms with Gasteiger partial charge in [-0.2, -0.15) is 0 Å². The van der Waals surface area contributed by atoms with Crippen molar-refractivity contribution in [3.05, 3.63) is 65.5 Å². The normalized spacial score (nSPS) is 18.7. The minimum absolute atomic E-state index is 0.133. The van der Waals surface area contributed by atoms with E-state index in [9.17, 15) is 9.18 Å². The Balaban J connectivity index is 0.000000758. The maximum atomic E-state index is 13.5. The van der Waals surface area contributed by atoms with Gasteiger partial charge in [-0.1, -0.05) is 30.3 Å². The van der Waals surface area contributed by atoms with Gasteiger partial charge in [0.05, 0.1) is 25.0 Å². The lowest BCUT2D eigenvalue weighted by atomic mass is 10.1. The van der Waals surface area contributed by atoms with Crippen LogP contribution in [0.25, 0.3) is 0 Å². The molecule has 1 unspecified atom stereocenters. The smallest absolute Gasteiger partial charge is 0.234 e. The molecule has 0 radical (unpaired) electrons. The third-order valence-corrected chi connectivity index (χ3v) is 4.12. The van der Waals surface area contributed by atoms with E-state index in [2.05, 4.69) is 21.5 Å². The summed E-state index contributed by atoms with van der Waals surface area (Å²) in [5.41, 5.74) is 6.93. The molecule has 3 rings (SSSR count). The molecule has 1 amide bonds. The molecule has 140 valence electrons. The number of amides is 1. The number of nitrogens with one attached hydrogen (secondary N) is 1. The minimum Gasteiger partial charge on any atom is -0.489 e. The molecule has 5 nitrogen and oxygen atoms in total. The first-order valence-corrected chi connectivity index (χ1v) is 8.52. The van der Waals surface area contributed by atoms with E-state index in [1.165, 1.54) is 13.2 Å². The maximum absolute atomic E-state index is 13.5. The van der Waals surface area contributed by atoms with Crippen LogP contribution in [-0.2, 0) is 15.7 Å². The quantitative estimate of drug-likeness (QED) is 0.833. The first kappa shape index (κ1) is 20.2. The van der Waals surface area contributed by atoms with Crippen LogP contribution in [0, 0.1) is 5.82 Å². The fourth-order valence-electron chi connectivity index (χ4n) is 2.80. The van der Waals surface area contributed by atoms with Gasteiger partial charge < -0.3 is 10.5 Å². The average Bonchev–Trinajstić information content (AvgIpc) is 3.13. The number of ether oxygens (including phenoxy) is 1. The van der Waals surface area contributed by atoms with Crippen LogP contribution in [0.15, 0.2) is 48.5 Å². The number of nitrogens with two attached hydrogens (primary N) is 1. The maximum Gasteiger partial charge on any atom is 0.234 e. The summed E-state index contributed by atoms with van der Waals surface area (Å²) >= 11 is 4.50. The number of carbonyl (C=O) groups excluding carboxylic acids is 1. The second-order valence-corrected chi connectivity index (χ2v) is 6.16. The Morgan fingerprint density at radius 2 is 1.88 bits per heavy atom. The Morgan fingerprint density at radius 1 is 1.23 bits per heavy atom. The van der Waals surface area contributed by atoms with Crippen LogP contribution < -0.4 is 15.8 Å². The summed E-state index contributed by atoms with van der Waals surface area (Å²) in [6.07, 6.45) is 1.63. The van der Waals surface area contributed by atoms with Crippen LogP contribution in [-0.4, -0.2) is 19.1 Å². The summed E-state index contributed by atoms with van der Waals surface area (Å²) in [7, 11) is 1.39. The van der Waals surface area contributed by atoms with Crippen molar-refractivity contribution in [2.75, 3.05) is 7.11 Å². The third-order valence-electron chi connectivity index (χ3n) is 4.12. The Hall–Kier alpha value is -2.15. The third kappa shape index (κ3) is 5.69. The van der Waals surface area contributed by atoms with Crippen LogP contribution >= 0.6 is 11.9 Å². The van der Waals surface area contributed by atoms with Crippen molar-refractivity contribution in [1.82, 2.24) is 5.32 Å². The van der Waals surface area contributed by atoms with Gasteiger partial charge in [0.1, 0.15) is 18.2 Å². The predicted molar refractivity (Wildman–Crippen MR) is 98.1 cm³/mol. The van der Waals surface area contributed by atoms with E-state index >= 15 is 0 Å². The van der Waals surface area contributed by atoms with Crippen molar-refractivity contribution in [3.63, 3.8) is 0 Å². The molecule has 0 bridgehead atoms. The summed E-state index contributed by atoms with van der Waals surface area (Å²) in [5, 5.41) is 3.23.